The van der Waals surface area contributed by atoms with E-state index < -0.39 is 0 Å². The van der Waals surface area contributed by atoms with Crippen LogP contribution in [0.1, 0.15) is 54.2 Å². The molecule has 4 nitrogen and oxygen atoms in total. The van der Waals surface area contributed by atoms with Crippen LogP contribution < -0.4 is 10.2 Å². The summed E-state index contributed by atoms with van der Waals surface area (Å²) in [4.78, 5) is 11.5. The molecule has 0 bridgehead atoms. The zero-order valence-electron chi connectivity index (χ0n) is 16.3. The van der Waals surface area contributed by atoms with Gasteiger partial charge in [-0.3, -0.25) is 9.48 Å². The molecule has 1 aromatic heterocycles. The minimum absolute atomic E-state index is 0.380. The van der Waals surface area contributed by atoms with Gasteiger partial charge in [-0.1, -0.05) is 49.6 Å². The summed E-state index contributed by atoms with van der Waals surface area (Å²) in [7, 11) is 1.99. The lowest BCUT2D eigenvalue weighted by Crippen LogP contribution is -2.17. The highest BCUT2D eigenvalue weighted by Crippen LogP contribution is 2.32. The van der Waals surface area contributed by atoms with Crippen LogP contribution in [0, 0.1) is 0 Å². The second kappa shape index (κ2) is 8.47. The van der Waals surface area contributed by atoms with Gasteiger partial charge >= 0.3 is 0 Å². The SMILES string of the molecule is Bc1c(C=O)nn(C2CCCCC2)c1-c1ccc(OCc2ccccc2)cc1. The molecule has 0 amide bonds. The number of ether oxygens (including phenoxy) is 1. The third-order valence-electron chi connectivity index (χ3n) is 5.59. The van der Waals surface area contributed by atoms with Gasteiger partial charge in [0.15, 0.2) is 6.29 Å². The van der Waals surface area contributed by atoms with Gasteiger partial charge in [0, 0.05) is 0 Å². The second-order valence-corrected chi connectivity index (χ2v) is 7.51. The maximum atomic E-state index is 11.5. The monoisotopic (exact) mass is 372 g/mol. The second-order valence-electron chi connectivity index (χ2n) is 7.51. The van der Waals surface area contributed by atoms with Gasteiger partial charge < -0.3 is 4.74 Å². The summed E-state index contributed by atoms with van der Waals surface area (Å²) < 4.78 is 8.00. The predicted molar refractivity (Wildman–Crippen MR) is 114 cm³/mol. The lowest BCUT2D eigenvalue weighted by molar-refractivity contribution is 0.111. The quantitative estimate of drug-likeness (QED) is 0.490. The topological polar surface area (TPSA) is 44.1 Å². The van der Waals surface area contributed by atoms with E-state index in [2.05, 4.69) is 34.0 Å². The molecule has 0 saturated heterocycles. The van der Waals surface area contributed by atoms with Crippen molar-refractivity contribution in [2.24, 2.45) is 0 Å². The molecule has 0 radical (unpaired) electrons. The molecule has 2 aromatic carbocycles. The zero-order chi connectivity index (χ0) is 19.3. The van der Waals surface area contributed by atoms with Crippen molar-refractivity contribution in [3.63, 3.8) is 0 Å². The molecule has 1 aliphatic rings. The molecule has 4 rings (SSSR count). The van der Waals surface area contributed by atoms with Crippen LogP contribution >= 0.6 is 0 Å². The summed E-state index contributed by atoms with van der Waals surface area (Å²) in [6.45, 7) is 0.550. The van der Waals surface area contributed by atoms with E-state index in [4.69, 9.17) is 4.74 Å². The van der Waals surface area contributed by atoms with Crippen LogP contribution in [0.2, 0.25) is 0 Å². The first-order valence-corrected chi connectivity index (χ1v) is 10.1. The van der Waals surface area contributed by atoms with E-state index in [0.29, 0.717) is 18.3 Å². The van der Waals surface area contributed by atoms with E-state index in [0.717, 1.165) is 47.2 Å². The molecule has 1 heterocycles. The third-order valence-corrected chi connectivity index (χ3v) is 5.59. The molecule has 0 unspecified atom stereocenters. The van der Waals surface area contributed by atoms with E-state index in [9.17, 15) is 4.79 Å². The minimum atomic E-state index is 0.380. The van der Waals surface area contributed by atoms with E-state index in [-0.39, 0.29) is 0 Å². The predicted octanol–water partition coefficient (Wildman–Crippen LogP) is 3.71. The molecule has 1 aliphatic carbocycles. The average Bonchev–Trinajstić information content (AvgIpc) is 3.10. The number of carbonyl (C=O) groups is 1. The Balaban J connectivity index is 1.58. The summed E-state index contributed by atoms with van der Waals surface area (Å²) in [5.74, 6) is 0.838. The number of hydrogen-bond acceptors (Lipinski definition) is 3. The van der Waals surface area contributed by atoms with Gasteiger partial charge in [0.1, 0.15) is 25.9 Å². The van der Waals surface area contributed by atoms with Crippen molar-refractivity contribution < 1.29 is 9.53 Å². The van der Waals surface area contributed by atoms with E-state index in [1.165, 1.54) is 19.3 Å². The minimum Gasteiger partial charge on any atom is -0.489 e. The van der Waals surface area contributed by atoms with Gasteiger partial charge in [-0.05, 0) is 53.7 Å². The number of hydrogen-bond donors (Lipinski definition) is 0. The first-order valence-electron chi connectivity index (χ1n) is 10.1. The standard InChI is InChI=1S/C23H25BN2O2/c24-22-21(15-27)25-26(19-9-5-2-6-10-19)23(22)18-11-13-20(14-12-18)28-16-17-7-3-1-4-8-17/h1,3-4,7-8,11-15,19H,2,5-6,9-10,16,24H2. The Bertz CT molecular complexity index is 929. The van der Waals surface area contributed by atoms with Crippen molar-refractivity contribution >= 4 is 19.6 Å². The van der Waals surface area contributed by atoms with Crippen molar-refractivity contribution in [2.45, 2.75) is 44.8 Å². The molecular formula is C23H25BN2O2. The summed E-state index contributed by atoms with van der Waals surface area (Å²) in [6, 6.07) is 18.7. The molecule has 3 aromatic rings. The van der Waals surface area contributed by atoms with Crippen molar-refractivity contribution in [3.8, 4) is 17.0 Å². The van der Waals surface area contributed by atoms with Gasteiger partial charge in [0.2, 0.25) is 0 Å². The maximum Gasteiger partial charge on any atom is 0.169 e. The van der Waals surface area contributed by atoms with Gasteiger partial charge in [-0.25, -0.2) is 0 Å². The largest absolute Gasteiger partial charge is 0.489 e. The molecule has 28 heavy (non-hydrogen) atoms. The molecule has 1 saturated carbocycles. The summed E-state index contributed by atoms with van der Waals surface area (Å²) in [6.07, 6.45) is 6.88. The molecule has 0 spiro atoms. The number of rotatable bonds is 6. The summed E-state index contributed by atoms with van der Waals surface area (Å²) in [5, 5.41) is 4.64. The molecule has 142 valence electrons. The Kier molecular flexibility index (Phi) is 5.61. The van der Waals surface area contributed by atoms with Crippen molar-refractivity contribution in [3.05, 3.63) is 65.9 Å². The normalized spacial score (nSPS) is 14.7. The van der Waals surface area contributed by atoms with Crippen molar-refractivity contribution in [2.75, 3.05) is 0 Å². The zero-order valence-corrected chi connectivity index (χ0v) is 16.3. The fourth-order valence-electron chi connectivity index (χ4n) is 4.03. The molecule has 0 aliphatic heterocycles. The van der Waals surface area contributed by atoms with Gasteiger partial charge in [-0.2, -0.15) is 5.10 Å². The van der Waals surface area contributed by atoms with E-state index >= 15 is 0 Å². The van der Waals surface area contributed by atoms with Crippen LogP contribution in [-0.2, 0) is 6.61 Å². The van der Waals surface area contributed by atoms with Crippen LogP contribution in [0.3, 0.4) is 0 Å². The van der Waals surface area contributed by atoms with Crippen LogP contribution in [0.5, 0.6) is 5.75 Å². The van der Waals surface area contributed by atoms with Gasteiger partial charge in [0.25, 0.3) is 0 Å². The number of benzene rings is 2. The molecule has 0 atom stereocenters. The highest BCUT2D eigenvalue weighted by molar-refractivity contribution is 6.38. The number of nitrogens with zero attached hydrogens (tertiary/aromatic N) is 2. The fraction of sp³-hybridized carbons (Fsp3) is 0.304. The van der Waals surface area contributed by atoms with Crippen LogP contribution in [0.15, 0.2) is 54.6 Å². The van der Waals surface area contributed by atoms with Gasteiger partial charge in [-0.15, -0.1) is 0 Å². The van der Waals surface area contributed by atoms with E-state index in [1.54, 1.807) is 0 Å². The lowest BCUT2D eigenvalue weighted by Gasteiger charge is -2.24. The van der Waals surface area contributed by atoms with Crippen LogP contribution in [-0.4, -0.2) is 23.9 Å². The van der Waals surface area contributed by atoms with Crippen LogP contribution in [0.4, 0.5) is 0 Å². The Labute approximate surface area is 166 Å². The summed E-state index contributed by atoms with van der Waals surface area (Å²) in [5.41, 5.74) is 4.79. The van der Waals surface area contributed by atoms with Crippen LogP contribution in [0.25, 0.3) is 11.3 Å². The average molecular weight is 372 g/mol. The van der Waals surface area contributed by atoms with E-state index in [1.807, 2.05) is 38.2 Å². The Morgan fingerprint density at radius 3 is 2.43 bits per heavy atom. The first-order chi connectivity index (χ1) is 13.8. The highest BCUT2D eigenvalue weighted by atomic mass is 16.5. The first kappa shape index (κ1) is 18.5. The number of aldehydes is 1. The third kappa shape index (κ3) is 3.89. The smallest absolute Gasteiger partial charge is 0.169 e. The van der Waals surface area contributed by atoms with Gasteiger partial charge in [0.05, 0.1) is 11.7 Å². The number of aromatic nitrogens is 2. The highest BCUT2D eigenvalue weighted by Gasteiger charge is 2.23. The molecule has 5 heteroatoms. The molecule has 0 N–H and O–H groups in total. The number of carbonyl (C=O) groups excluding carboxylic acids is 1. The molecule has 1 fully saturated rings. The molecular weight excluding hydrogens is 347 g/mol. The van der Waals surface area contributed by atoms with Crippen molar-refractivity contribution in [1.29, 1.82) is 0 Å². The summed E-state index contributed by atoms with van der Waals surface area (Å²) >= 11 is 0. The lowest BCUT2D eigenvalue weighted by atomic mass is 9.89. The Hall–Kier alpha value is -2.82. The fourth-order valence-corrected chi connectivity index (χ4v) is 4.03. The van der Waals surface area contributed by atoms with Crippen molar-refractivity contribution in [1.82, 2.24) is 9.78 Å². The Morgan fingerprint density at radius 1 is 1.04 bits per heavy atom. The Morgan fingerprint density at radius 2 is 1.75 bits per heavy atom. The maximum absolute atomic E-state index is 11.5.